The van der Waals surface area contributed by atoms with Gasteiger partial charge in [0.1, 0.15) is 11.8 Å². The molecule has 5 N–H and O–H groups in total. The van der Waals surface area contributed by atoms with Gasteiger partial charge in [-0.1, -0.05) is 56.7 Å². The molecule has 3 atom stereocenters. The molecule has 0 spiro atoms. The third-order valence-electron chi connectivity index (χ3n) is 6.82. The molecular formula is C32H48N4O6. The SMILES string of the molecule is C=C(/C=C\C)C(=O)NC.CCCCC/C=C\C1CC1C(=O)O.COc1cccc(NCC(=O)N2CCCC2C(N)=O)c1. The van der Waals surface area contributed by atoms with Crippen LogP contribution in [0.5, 0.6) is 5.75 Å². The summed E-state index contributed by atoms with van der Waals surface area (Å²) >= 11 is 0. The summed E-state index contributed by atoms with van der Waals surface area (Å²) in [6, 6.07) is 6.87. The highest BCUT2D eigenvalue weighted by atomic mass is 16.5. The topological polar surface area (TPSA) is 151 Å². The van der Waals surface area contributed by atoms with Crippen LogP contribution in [0.25, 0.3) is 0 Å². The summed E-state index contributed by atoms with van der Waals surface area (Å²) in [6.45, 7) is 8.27. The van der Waals surface area contributed by atoms with Crippen LogP contribution in [0.2, 0.25) is 0 Å². The van der Waals surface area contributed by atoms with Gasteiger partial charge in [0.05, 0.1) is 19.6 Å². The number of rotatable bonds is 13. The van der Waals surface area contributed by atoms with Crippen LogP contribution in [0.4, 0.5) is 5.69 Å². The van der Waals surface area contributed by atoms with Gasteiger partial charge in [-0.25, -0.2) is 0 Å². The zero-order valence-electron chi connectivity index (χ0n) is 25.4. The molecule has 1 saturated carbocycles. The predicted molar refractivity (Wildman–Crippen MR) is 166 cm³/mol. The number of carbonyl (C=O) groups is 4. The number of hydrogen-bond donors (Lipinski definition) is 4. The Morgan fingerprint density at radius 3 is 2.55 bits per heavy atom. The molecule has 3 amide bonds. The first-order valence-electron chi connectivity index (χ1n) is 14.5. The number of primary amides is 1. The van der Waals surface area contributed by atoms with Crippen molar-refractivity contribution in [1.29, 1.82) is 0 Å². The van der Waals surface area contributed by atoms with E-state index in [2.05, 4.69) is 36.3 Å². The molecule has 10 heteroatoms. The van der Waals surface area contributed by atoms with E-state index >= 15 is 0 Å². The highest BCUT2D eigenvalue weighted by molar-refractivity contribution is 5.95. The van der Waals surface area contributed by atoms with E-state index in [1.54, 1.807) is 31.2 Å². The molecular weight excluding hydrogens is 536 g/mol. The number of carboxylic acids is 1. The Kier molecular flexibility index (Phi) is 17.0. The summed E-state index contributed by atoms with van der Waals surface area (Å²) in [5.41, 5.74) is 6.59. The van der Waals surface area contributed by atoms with E-state index in [0.717, 1.165) is 30.7 Å². The van der Waals surface area contributed by atoms with Crippen LogP contribution in [-0.2, 0) is 19.2 Å². The fourth-order valence-electron chi connectivity index (χ4n) is 4.31. The number of unbranched alkanes of at least 4 members (excludes halogenated alkanes) is 3. The lowest BCUT2D eigenvalue weighted by Crippen LogP contribution is -2.45. The Morgan fingerprint density at radius 2 is 1.98 bits per heavy atom. The number of ether oxygens (including phenoxy) is 1. The van der Waals surface area contributed by atoms with Crippen LogP contribution in [-0.4, -0.2) is 67.0 Å². The van der Waals surface area contributed by atoms with Gasteiger partial charge >= 0.3 is 5.97 Å². The monoisotopic (exact) mass is 584 g/mol. The van der Waals surface area contributed by atoms with E-state index in [9.17, 15) is 19.2 Å². The van der Waals surface area contributed by atoms with E-state index in [4.69, 9.17) is 15.6 Å². The van der Waals surface area contributed by atoms with Gasteiger partial charge in [-0.05, 0) is 57.1 Å². The number of methoxy groups -OCH3 is 1. The van der Waals surface area contributed by atoms with Crippen LogP contribution in [0.3, 0.4) is 0 Å². The molecule has 3 rings (SSSR count). The Morgan fingerprint density at radius 1 is 1.24 bits per heavy atom. The normalized spacial score (nSPS) is 18.8. The molecule has 1 aliphatic carbocycles. The van der Waals surface area contributed by atoms with Gasteiger partial charge in [-0.3, -0.25) is 19.2 Å². The second-order valence-corrected chi connectivity index (χ2v) is 10.1. The van der Waals surface area contributed by atoms with E-state index in [1.807, 2.05) is 31.2 Å². The Bertz CT molecular complexity index is 1100. The maximum absolute atomic E-state index is 12.1. The number of nitrogens with zero attached hydrogens (tertiary/aromatic N) is 1. The Labute approximate surface area is 250 Å². The molecule has 1 saturated heterocycles. The number of aliphatic carboxylic acids is 1. The number of nitrogens with two attached hydrogens (primary N) is 1. The first kappa shape index (κ1) is 35.9. The lowest BCUT2D eigenvalue weighted by Gasteiger charge is -2.22. The van der Waals surface area contributed by atoms with Crippen molar-refractivity contribution >= 4 is 29.4 Å². The minimum absolute atomic E-state index is 0.0811. The fraction of sp³-hybridized carbons (Fsp3) is 0.500. The van der Waals surface area contributed by atoms with Crippen molar-refractivity contribution in [3.63, 3.8) is 0 Å². The quantitative estimate of drug-likeness (QED) is 0.117. The average molecular weight is 585 g/mol. The lowest BCUT2D eigenvalue weighted by atomic mass is 10.2. The second-order valence-electron chi connectivity index (χ2n) is 10.1. The number of amides is 3. The molecule has 10 nitrogen and oxygen atoms in total. The van der Waals surface area contributed by atoms with Gasteiger partial charge < -0.3 is 31.1 Å². The van der Waals surface area contributed by atoms with Crippen molar-refractivity contribution in [3.05, 3.63) is 60.7 Å². The molecule has 1 aromatic carbocycles. The highest BCUT2D eigenvalue weighted by Gasteiger charge is 2.40. The van der Waals surface area contributed by atoms with Crippen LogP contribution in [0.1, 0.15) is 58.8 Å². The zero-order valence-corrected chi connectivity index (χ0v) is 25.4. The molecule has 2 fully saturated rings. The van der Waals surface area contributed by atoms with Crippen molar-refractivity contribution in [2.45, 2.75) is 64.8 Å². The fourth-order valence-corrected chi connectivity index (χ4v) is 4.31. The van der Waals surface area contributed by atoms with Gasteiger partial charge in [-0.2, -0.15) is 0 Å². The number of likely N-dealkylation sites (N-methyl/N-ethyl adjacent to an activating group) is 1. The molecule has 1 aromatic rings. The van der Waals surface area contributed by atoms with E-state index in [0.29, 0.717) is 24.5 Å². The van der Waals surface area contributed by atoms with Crippen molar-refractivity contribution in [2.24, 2.45) is 17.6 Å². The van der Waals surface area contributed by atoms with E-state index < -0.39 is 17.9 Å². The highest BCUT2D eigenvalue weighted by Crippen LogP contribution is 2.39. The van der Waals surface area contributed by atoms with Gasteiger partial charge in [0.15, 0.2) is 0 Å². The average Bonchev–Trinajstić information content (AvgIpc) is 3.59. The van der Waals surface area contributed by atoms with Crippen LogP contribution in [0.15, 0.2) is 60.7 Å². The maximum Gasteiger partial charge on any atom is 0.307 e. The largest absolute Gasteiger partial charge is 0.497 e. The molecule has 3 unspecified atom stereocenters. The standard InChI is InChI=1S/C14H19N3O3.C11H18O2.C7H11NO/c1-20-11-5-2-4-10(8-11)16-9-13(18)17-7-3-6-12(17)14(15)19;1-2-3-4-5-6-7-9-8-10(9)11(12)13;1-4-5-6(2)7(9)8-3/h2,4-5,8,12,16H,3,6-7,9H2,1H3,(H2,15,19);6-7,9-10H,2-5,8H2,1H3,(H,12,13);4-5H,2H2,1,3H3,(H,8,9)/b;7-6-;5-4-. The van der Waals surface area contributed by atoms with Crippen molar-refractivity contribution in [3.8, 4) is 5.75 Å². The molecule has 42 heavy (non-hydrogen) atoms. The van der Waals surface area contributed by atoms with Crippen LogP contribution >= 0.6 is 0 Å². The summed E-state index contributed by atoms with van der Waals surface area (Å²) in [6.07, 6.45) is 14.8. The third kappa shape index (κ3) is 13.5. The van der Waals surface area contributed by atoms with Crippen LogP contribution < -0.4 is 21.1 Å². The van der Waals surface area contributed by atoms with E-state index in [1.165, 1.54) is 19.3 Å². The van der Waals surface area contributed by atoms with Gasteiger partial charge in [0.2, 0.25) is 17.7 Å². The van der Waals surface area contributed by atoms with E-state index in [-0.39, 0.29) is 24.3 Å². The smallest absolute Gasteiger partial charge is 0.307 e. The first-order valence-corrected chi connectivity index (χ1v) is 14.5. The van der Waals surface area contributed by atoms with Crippen LogP contribution in [0, 0.1) is 11.8 Å². The van der Waals surface area contributed by atoms with Gasteiger partial charge in [-0.15, -0.1) is 0 Å². The van der Waals surface area contributed by atoms with Crippen molar-refractivity contribution < 1.29 is 29.0 Å². The van der Waals surface area contributed by atoms with Gasteiger partial charge in [0.25, 0.3) is 0 Å². The summed E-state index contributed by atoms with van der Waals surface area (Å²) in [7, 11) is 3.17. The molecule has 1 aliphatic heterocycles. The predicted octanol–water partition coefficient (Wildman–Crippen LogP) is 4.29. The number of likely N-dealkylation sites (tertiary alicyclic amines) is 1. The minimum Gasteiger partial charge on any atom is -0.497 e. The summed E-state index contributed by atoms with van der Waals surface area (Å²) in [4.78, 5) is 46.0. The maximum atomic E-state index is 12.1. The molecule has 232 valence electrons. The number of carbonyl (C=O) groups excluding carboxylic acids is 3. The number of anilines is 1. The molecule has 0 aromatic heterocycles. The Balaban J connectivity index is 0.000000346. The first-order chi connectivity index (χ1) is 20.1. The number of nitrogens with one attached hydrogen (secondary N) is 2. The lowest BCUT2D eigenvalue weighted by molar-refractivity contribution is -0.138. The second kappa shape index (κ2) is 19.9. The number of benzene rings is 1. The zero-order chi connectivity index (χ0) is 31.5. The minimum atomic E-state index is -0.636. The molecule has 1 heterocycles. The van der Waals surface area contributed by atoms with Gasteiger partial charge in [0, 0.05) is 30.9 Å². The number of allylic oxidation sites excluding steroid dienone is 3. The number of hydrogen-bond acceptors (Lipinski definition) is 6. The van der Waals surface area contributed by atoms with Crippen molar-refractivity contribution in [2.75, 3.05) is 32.6 Å². The molecule has 0 bridgehead atoms. The summed E-state index contributed by atoms with van der Waals surface area (Å²) in [5, 5.41) is 14.1. The number of carboxylic acid groups (broad SMARTS) is 1. The molecule has 0 radical (unpaired) electrons. The summed E-state index contributed by atoms with van der Waals surface area (Å²) in [5.74, 6) is -0.345. The Hall–Kier alpha value is -4.08. The summed E-state index contributed by atoms with van der Waals surface area (Å²) < 4.78 is 5.11. The molecule has 2 aliphatic rings. The van der Waals surface area contributed by atoms with Crippen molar-refractivity contribution in [1.82, 2.24) is 10.2 Å². The third-order valence-corrected chi connectivity index (χ3v) is 6.82.